The molecule has 0 spiro atoms. The number of aryl methyl sites for hydroxylation is 1. The van der Waals surface area contributed by atoms with E-state index >= 15 is 0 Å². The van der Waals surface area contributed by atoms with E-state index < -0.39 is 0 Å². The molecule has 5 nitrogen and oxygen atoms in total. The molecule has 1 aliphatic rings. The van der Waals surface area contributed by atoms with Crippen LogP contribution in [0.2, 0.25) is 0 Å². The Morgan fingerprint density at radius 2 is 2.38 bits per heavy atom. The Kier molecular flexibility index (Phi) is 2.96. The monoisotopic (exact) mass is 223 g/mol. The highest BCUT2D eigenvalue weighted by atomic mass is 16.3. The Balaban J connectivity index is 2.24. The van der Waals surface area contributed by atoms with E-state index in [9.17, 15) is 9.90 Å². The van der Waals surface area contributed by atoms with Gasteiger partial charge in [-0.1, -0.05) is 0 Å². The van der Waals surface area contributed by atoms with Crippen LogP contribution in [-0.4, -0.2) is 26.8 Å². The van der Waals surface area contributed by atoms with Gasteiger partial charge in [-0.3, -0.25) is 4.79 Å². The summed E-state index contributed by atoms with van der Waals surface area (Å²) in [6.07, 6.45) is 6.15. The second-order valence-electron chi connectivity index (χ2n) is 4.28. The Morgan fingerprint density at radius 1 is 1.62 bits per heavy atom. The molecule has 1 aromatic heterocycles. The summed E-state index contributed by atoms with van der Waals surface area (Å²) in [6.45, 7) is 2.59. The lowest BCUT2D eigenvalue weighted by molar-refractivity contribution is 0.143. The van der Waals surface area contributed by atoms with Crippen molar-refractivity contribution < 1.29 is 5.11 Å². The predicted octanol–water partition coefficient (Wildman–Crippen LogP) is 0.590. The highest BCUT2D eigenvalue weighted by Crippen LogP contribution is 2.33. The first-order valence-corrected chi connectivity index (χ1v) is 5.65. The van der Waals surface area contributed by atoms with Crippen molar-refractivity contribution in [1.82, 2.24) is 9.55 Å². The zero-order chi connectivity index (χ0) is 11.6. The maximum atomic E-state index is 11.9. The number of aliphatic hydroxyl groups is 1. The van der Waals surface area contributed by atoms with Crippen molar-refractivity contribution in [3.05, 3.63) is 22.7 Å². The molecule has 2 rings (SSSR count). The molecule has 2 N–H and O–H groups in total. The number of nitrogens with one attached hydrogen (secondary N) is 1. The largest absolute Gasteiger partial charge is 0.394 e. The highest BCUT2D eigenvalue weighted by molar-refractivity contribution is 5.36. The average molecular weight is 223 g/mol. The fraction of sp³-hybridized carbons (Fsp3) is 0.636. The second-order valence-corrected chi connectivity index (χ2v) is 4.28. The lowest BCUT2D eigenvalue weighted by Crippen LogP contribution is -2.50. The van der Waals surface area contributed by atoms with Crippen LogP contribution >= 0.6 is 0 Å². The van der Waals surface area contributed by atoms with Crippen LogP contribution in [0, 0.1) is 0 Å². The Hall–Kier alpha value is -1.36. The molecule has 1 saturated carbocycles. The third-order valence-corrected chi connectivity index (χ3v) is 3.25. The van der Waals surface area contributed by atoms with Crippen molar-refractivity contribution in [3.63, 3.8) is 0 Å². The van der Waals surface area contributed by atoms with Gasteiger partial charge >= 0.3 is 0 Å². The van der Waals surface area contributed by atoms with Gasteiger partial charge in [0.1, 0.15) is 0 Å². The zero-order valence-electron chi connectivity index (χ0n) is 9.44. The Labute approximate surface area is 94.1 Å². The number of hydrogen-bond donors (Lipinski definition) is 2. The fourth-order valence-electron chi connectivity index (χ4n) is 1.96. The van der Waals surface area contributed by atoms with E-state index in [1.54, 1.807) is 17.0 Å². The molecule has 1 aromatic rings. The number of aromatic nitrogens is 2. The number of hydrogen-bond acceptors (Lipinski definition) is 4. The lowest BCUT2D eigenvalue weighted by atomic mass is 9.77. The fourth-order valence-corrected chi connectivity index (χ4v) is 1.96. The second kappa shape index (κ2) is 4.25. The summed E-state index contributed by atoms with van der Waals surface area (Å²) >= 11 is 0. The average Bonchev–Trinajstić information content (AvgIpc) is 2.25. The molecule has 5 heteroatoms. The maximum absolute atomic E-state index is 11.9. The van der Waals surface area contributed by atoms with Gasteiger partial charge in [0, 0.05) is 18.9 Å². The highest BCUT2D eigenvalue weighted by Gasteiger charge is 2.37. The third kappa shape index (κ3) is 1.82. The van der Waals surface area contributed by atoms with Crippen LogP contribution in [0.4, 0.5) is 5.82 Å². The molecule has 16 heavy (non-hydrogen) atoms. The zero-order valence-corrected chi connectivity index (χ0v) is 9.44. The van der Waals surface area contributed by atoms with Gasteiger partial charge < -0.3 is 15.0 Å². The SMILES string of the molecule is CCn1ccnc(NC2(CO)CCC2)c1=O. The normalized spacial score (nSPS) is 17.9. The summed E-state index contributed by atoms with van der Waals surface area (Å²) in [6, 6.07) is 0. The van der Waals surface area contributed by atoms with E-state index in [2.05, 4.69) is 10.3 Å². The minimum absolute atomic E-state index is 0.0507. The van der Waals surface area contributed by atoms with E-state index in [0.717, 1.165) is 19.3 Å². The molecule has 0 aromatic carbocycles. The van der Waals surface area contributed by atoms with Gasteiger partial charge in [-0.05, 0) is 26.2 Å². The number of nitrogens with zero attached hydrogens (tertiary/aromatic N) is 2. The molecular weight excluding hydrogens is 206 g/mol. The first-order chi connectivity index (χ1) is 7.71. The van der Waals surface area contributed by atoms with Gasteiger partial charge in [-0.25, -0.2) is 4.98 Å². The van der Waals surface area contributed by atoms with Gasteiger partial charge in [-0.15, -0.1) is 0 Å². The van der Waals surface area contributed by atoms with Crippen LogP contribution in [0.15, 0.2) is 17.2 Å². The molecule has 88 valence electrons. The van der Waals surface area contributed by atoms with E-state index in [1.165, 1.54) is 0 Å². The van der Waals surface area contributed by atoms with Crippen molar-refractivity contribution in [2.75, 3.05) is 11.9 Å². The number of rotatable bonds is 4. The van der Waals surface area contributed by atoms with E-state index in [-0.39, 0.29) is 17.7 Å². The minimum atomic E-state index is -0.320. The Morgan fingerprint density at radius 3 is 2.88 bits per heavy atom. The molecule has 0 saturated heterocycles. The lowest BCUT2D eigenvalue weighted by Gasteiger charge is -2.41. The number of aliphatic hydroxyl groups excluding tert-OH is 1. The topological polar surface area (TPSA) is 67.2 Å². The van der Waals surface area contributed by atoms with E-state index in [0.29, 0.717) is 12.4 Å². The summed E-state index contributed by atoms with van der Waals surface area (Å²) in [5, 5.41) is 12.4. The number of anilines is 1. The summed E-state index contributed by atoms with van der Waals surface area (Å²) < 4.78 is 1.60. The van der Waals surface area contributed by atoms with Crippen LogP contribution < -0.4 is 10.9 Å². The summed E-state index contributed by atoms with van der Waals surface area (Å²) in [7, 11) is 0. The van der Waals surface area contributed by atoms with Crippen molar-refractivity contribution in [1.29, 1.82) is 0 Å². The smallest absolute Gasteiger partial charge is 0.293 e. The van der Waals surface area contributed by atoms with E-state index in [4.69, 9.17) is 0 Å². The van der Waals surface area contributed by atoms with Crippen LogP contribution in [0.3, 0.4) is 0 Å². The van der Waals surface area contributed by atoms with Gasteiger partial charge in [0.15, 0.2) is 5.82 Å². The summed E-state index contributed by atoms with van der Waals surface area (Å²) in [5.74, 6) is 0.345. The molecule has 0 amide bonds. The third-order valence-electron chi connectivity index (χ3n) is 3.25. The molecule has 1 heterocycles. The van der Waals surface area contributed by atoms with Crippen LogP contribution in [-0.2, 0) is 6.54 Å². The van der Waals surface area contributed by atoms with Crippen molar-refractivity contribution in [3.8, 4) is 0 Å². The van der Waals surface area contributed by atoms with Gasteiger partial charge in [0.2, 0.25) is 0 Å². The molecular formula is C11H17N3O2. The molecule has 1 aliphatic carbocycles. The summed E-state index contributed by atoms with van der Waals surface area (Å²) in [4.78, 5) is 15.9. The molecule has 0 atom stereocenters. The van der Waals surface area contributed by atoms with Crippen LogP contribution in [0.25, 0.3) is 0 Å². The predicted molar refractivity (Wildman–Crippen MR) is 61.5 cm³/mol. The standard InChI is InChI=1S/C11H17N3O2/c1-2-14-7-6-12-9(10(14)16)13-11(8-15)4-3-5-11/h6-7,15H,2-5,8H2,1H3,(H,12,13). The molecule has 0 unspecified atom stereocenters. The van der Waals surface area contributed by atoms with Crippen LogP contribution in [0.1, 0.15) is 26.2 Å². The van der Waals surface area contributed by atoms with Gasteiger partial charge in [-0.2, -0.15) is 0 Å². The molecule has 1 fully saturated rings. The first-order valence-electron chi connectivity index (χ1n) is 5.65. The van der Waals surface area contributed by atoms with Gasteiger partial charge in [0.25, 0.3) is 5.56 Å². The Bertz CT molecular complexity index is 418. The summed E-state index contributed by atoms with van der Waals surface area (Å²) in [5.41, 5.74) is -0.441. The van der Waals surface area contributed by atoms with Crippen molar-refractivity contribution >= 4 is 5.82 Å². The quantitative estimate of drug-likeness (QED) is 0.784. The minimum Gasteiger partial charge on any atom is -0.394 e. The maximum Gasteiger partial charge on any atom is 0.293 e. The van der Waals surface area contributed by atoms with Crippen LogP contribution in [0.5, 0.6) is 0 Å². The van der Waals surface area contributed by atoms with Gasteiger partial charge in [0.05, 0.1) is 12.1 Å². The van der Waals surface area contributed by atoms with Crippen molar-refractivity contribution in [2.45, 2.75) is 38.3 Å². The first kappa shape index (κ1) is 11.1. The molecule has 0 radical (unpaired) electrons. The molecule has 0 aliphatic heterocycles. The van der Waals surface area contributed by atoms with Crippen molar-refractivity contribution in [2.24, 2.45) is 0 Å². The molecule has 0 bridgehead atoms. The van der Waals surface area contributed by atoms with E-state index in [1.807, 2.05) is 6.92 Å².